The van der Waals surface area contributed by atoms with Gasteiger partial charge in [-0.15, -0.1) is 0 Å². The summed E-state index contributed by atoms with van der Waals surface area (Å²) in [7, 11) is 0. The summed E-state index contributed by atoms with van der Waals surface area (Å²) in [6, 6.07) is 0.677. The second kappa shape index (κ2) is 2.63. The summed E-state index contributed by atoms with van der Waals surface area (Å²) >= 11 is 0. The quantitative estimate of drug-likeness (QED) is 0.597. The van der Waals surface area contributed by atoms with Crippen molar-refractivity contribution in [2.24, 2.45) is 0 Å². The van der Waals surface area contributed by atoms with Crippen molar-refractivity contribution >= 4 is 0 Å². The molecule has 1 nitrogen and oxygen atoms in total. The zero-order chi connectivity index (χ0) is 7.73. The molecule has 62 valence electrons. The number of nitrogens with one attached hydrogen (secondary N) is 1. The second-order valence-electron chi connectivity index (χ2n) is 4.17. The topological polar surface area (TPSA) is 12.0 Å². The van der Waals surface area contributed by atoms with Gasteiger partial charge in [-0.2, -0.15) is 0 Å². The zero-order valence-corrected chi connectivity index (χ0v) is 7.27. The molecular formula is C10H17N. The van der Waals surface area contributed by atoms with Crippen molar-refractivity contribution in [2.75, 3.05) is 0 Å². The van der Waals surface area contributed by atoms with Crippen LogP contribution in [0.1, 0.15) is 39.0 Å². The molecule has 0 aliphatic heterocycles. The van der Waals surface area contributed by atoms with E-state index in [0.29, 0.717) is 11.6 Å². The first kappa shape index (κ1) is 7.35. The van der Waals surface area contributed by atoms with E-state index in [1.807, 2.05) is 0 Å². The molecule has 2 rings (SSSR count). The van der Waals surface area contributed by atoms with Gasteiger partial charge in [0.1, 0.15) is 0 Å². The molecule has 0 radical (unpaired) electrons. The minimum absolute atomic E-state index is 0.506. The highest BCUT2D eigenvalue weighted by molar-refractivity contribution is 5.06. The summed E-state index contributed by atoms with van der Waals surface area (Å²) in [6.07, 6.45) is 11.4. The first-order valence-electron chi connectivity index (χ1n) is 4.73. The maximum atomic E-state index is 3.68. The molecule has 1 unspecified atom stereocenters. The van der Waals surface area contributed by atoms with Crippen LogP contribution < -0.4 is 5.32 Å². The molecule has 1 N–H and O–H groups in total. The van der Waals surface area contributed by atoms with Crippen LogP contribution in [0.25, 0.3) is 0 Å². The molecule has 0 heterocycles. The van der Waals surface area contributed by atoms with Gasteiger partial charge in [-0.05, 0) is 39.0 Å². The van der Waals surface area contributed by atoms with Crippen molar-refractivity contribution in [3.8, 4) is 0 Å². The lowest BCUT2D eigenvalue weighted by atomic mass is 10.0. The Bertz CT molecular complexity index is 168. The van der Waals surface area contributed by atoms with Crippen molar-refractivity contribution in [1.29, 1.82) is 0 Å². The van der Waals surface area contributed by atoms with Crippen LogP contribution in [-0.4, -0.2) is 11.6 Å². The van der Waals surface area contributed by atoms with Gasteiger partial charge in [0.05, 0.1) is 0 Å². The summed E-state index contributed by atoms with van der Waals surface area (Å²) in [5.41, 5.74) is 0.506. The van der Waals surface area contributed by atoms with Gasteiger partial charge in [0.2, 0.25) is 0 Å². The third-order valence-corrected chi connectivity index (χ3v) is 2.79. The molecule has 0 aromatic carbocycles. The minimum atomic E-state index is 0.506. The highest BCUT2D eigenvalue weighted by atomic mass is 15.0. The van der Waals surface area contributed by atoms with E-state index in [4.69, 9.17) is 0 Å². The van der Waals surface area contributed by atoms with Crippen LogP contribution in [0, 0.1) is 0 Å². The monoisotopic (exact) mass is 151 g/mol. The molecule has 1 atom stereocenters. The fourth-order valence-electron chi connectivity index (χ4n) is 1.71. The molecule has 0 aromatic rings. The number of rotatable bonds is 2. The molecule has 0 bridgehead atoms. The fraction of sp³-hybridized carbons (Fsp3) is 0.800. The summed E-state index contributed by atoms with van der Waals surface area (Å²) in [4.78, 5) is 0. The Kier molecular flexibility index (Phi) is 1.76. The van der Waals surface area contributed by atoms with E-state index in [-0.39, 0.29) is 0 Å². The summed E-state index contributed by atoms with van der Waals surface area (Å²) in [5.74, 6) is 0. The van der Waals surface area contributed by atoms with Crippen molar-refractivity contribution < 1.29 is 0 Å². The molecule has 0 aromatic heterocycles. The Balaban J connectivity index is 1.85. The highest BCUT2D eigenvalue weighted by Gasteiger charge is 2.38. The fourth-order valence-corrected chi connectivity index (χ4v) is 1.71. The smallest absolute Gasteiger partial charge is 0.0255 e. The van der Waals surface area contributed by atoms with Gasteiger partial charge in [0.25, 0.3) is 0 Å². The third kappa shape index (κ3) is 1.84. The molecule has 0 spiro atoms. The Morgan fingerprint density at radius 3 is 2.82 bits per heavy atom. The average Bonchev–Trinajstić information content (AvgIpc) is 2.70. The standard InChI is InChI=1S/C10H17N/c1-10(7-8-10)11-9-5-3-2-4-6-9/h3,5,9,11H,2,4,6-8H2,1H3. The van der Waals surface area contributed by atoms with Crippen LogP contribution in [-0.2, 0) is 0 Å². The van der Waals surface area contributed by atoms with E-state index in [0.717, 1.165) is 0 Å². The second-order valence-corrected chi connectivity index (χ2v) is 4.17. The Labute approximate surface area is 68.9 Å². The van der Waals surface area contributed by atoms with Crippen molar-refractivity contribution in [3.63, 3.8) is 0 Å². The Hall–Kier alpha value is -0.300. The molecular weight excluding hydrogens is 134 g/mol. The highest BCUT2D eigenvalue weighted by Crippen LogP contribution is 2.35. The number of hydrogen-bond acceptors (Lipinski definition) is 1. The van der Waals surface area contributed by atoms with Crippen molar-refractivity contribution in [2.45, 2.75) is 50.6 Å². The normalized spacial score (nSPS) is 33.7. The van der Waals surface area contributed by atoms with Gasteiger partial charge < -0.3 is 5.32 Å². The van der Waals surface area contributed by atoms with Crippen LogP contribution in [0.2, 0.25) is 0 Å². The lowest BCUT2D eigenvalue weighted by Crippen LogP contribution is -2.37. The van der Waals surface area contributed by atoms with Gasteiger partial charge >= 0.3 is 0 Å². The Morgan fingerprint density at radius 1 is 1.45 bits per heavy atom. The molecule has 1 heteroatoms. The molecule has 11 heavy (non-hydrogen) atoms. The number of hydrogen-bond donors (Lipinski definition) is 1. The molecule has 1 fully saturated rings. The van der Waals surface area contributed by atoms with Crippen LogP contribution in [0.3, 0.4) is 0 Å². The van der Waals surface area contributed by atoms with Crippen molar-refractivity contribution in [3.05, 3.63) is 12.2 Å². The van der Waals surface area contributed by atoms with Crippen LogP contribution in [0.15, 0.2) is 12.2 Å². The van der Waals surface area contributed by atoms with Crippen LogP contribution in [0.5, 0.6) is 0 Å². The molecule has 2 aliphatic rings. The predicted molar refractivity (Wildman–Crippen MR) is 47.6 cm³/mol. The van der Waals surface area contributed by atoms with E-state index in [2.05, 4.69) is 24.4 Å². The van der Waals surface area contributed by atoms with Crippen LogP contribution >= 0.6 is 0 Å². The predicted octanol–water partition coefficient (Wildman–Crippen LogP) is 2.24. The minimum Gasteiger partial charge on any atom is -0.305 e. The zero-order valence-electron chi connectivity index (χ0n) is 7.27. The summed E-state index contributed by atoms with van der Waals surface area (Å²) in [5, 5.41) is 3.68. The van der Waals surface area contributed by atoms with Gasteiger partial charge in [0.15, 0.2) is 0 Å². The largest absolute Gasteiger partial charge is 0.305 e. The molecule has 0 amide bonds. The van der Waals surface area contributed by atoms with Gasteiger partial charge in [0, 0.05) is 11.6 Å². The lowest BCUT2D eigenvalue weighted by Gasteiger charge is -2.22. The van der Waals surface area contributed by atoms with Gasteiger partial charge in [-0.3, -0.25) is 0 Å². The van der Waals surface area contributed by atoms with Crippen LogP contribution in [0.4, 0.5) is 0 Å². The van der Waals surface area contributed by atoms with Crippen molar-refractivity contribution in [1.82, 2.24) is 5.32 Å². The third-order valence-electron chi connectivity index (χ3n) is 2.79. The Morgan fingerprint density at radius 2 is 2.27 bits per heavy atom. The summed E-state index contributed by atoms with van der Waals surface area (Å²) < 4.78 is 0. The lowest BCUT2D eigenvalue weighted by molar-refractivity contribution is 0.446. The SMILES string of the molecule is CC1(NC2C=CCCC2)CC1. The van der Waals surface area contributed by atoms with E-state index in [9.17, 15) is 0 Å². The molecule has 2 aliphatic carbocycles. The molecule has 0 saturated heterocycles. The first-order valence-corrected chi connectivity index (χ1v) is 4.73. The van der Waals surface area contributed by atoms with E-state index >= 15 is 0 Å². The maximum absolute atomic E-state index is 3.68. The first-order chi connectivity index (χ1) is 5.29. The van der Waals surface area contributed by atoms with Gasteiger partial charge in [-0.25, -0.2) is 0 Å². The molecule has 1 saturated carbocycles. The van der Waals surface area contributed by atoms with E-state index in [1.54, 1.807) is 0 Å². The van der Waals surface area contributed by atoms with E-state index < -0.39 is 0 Å². The summed E-state index contributed by atoms with van der Waals surface area (Å²) in [6.45, 7) is 2.33. The van der Waals surface area contributed by atoms with E-state index in [1.165, 1.54) is 32.1 Å². The van der Waals surface area contributed by atoms with Gasteiger partial charge in [-0.1, -0.05) is 12.2 Å². The number of allylic oxidation sites excluding steroid dienone is 1. The maximum Gasteiger partial charge on any atom is 0.0255 e. The average molecular weight is 151 g/mol.